The molecule has 0 bridgehead atoms. The first kappa shape index (κ1) is 13.5. The van der Waals surface area contributed by atoms with Gasteiger partial charge in [0, 0.05) is 17.8 Å². The maximum absolute atomic E-state index is 13.5. The number of halogens is 3. The first-order valence-corrected chi connectivity index (χ1v) is 6.83. The van der Waals surface area contributed by atoms with E-state index in [1.807, 2.05) is 31.2 Å². The topological polar surface area (TPSA) is 12.9 Å². The molecule has 2 atom stereocenters. The van der Waals surface area contributed by atoms with E-state index in [4.69, 9.17) is 11.6 Å². The van der Waals surface area contributed by atoms with E-state index < -0.39 is 0 Å². The van der Waals surface area contributed by atoms with Crippen LogP contribution >= 0.6 is 27.5 Å². The maximum Gasteiger partial charge on any atom is 0.137 e. The second-order valence-electron chi connectivity index (χ2n) is 4.09. The molecule has 2 aromatic rings. The summed E-state index contributed by atoms with van der Waals surface area (Å²) in [6.07, 6.45) is 1.73. The van der Waals surface area contributed by atoms with Crippen LogP contribution in [0.15, 0.2) is 47.1 Å². The molecular weight excluding hydrogens is 317 g/mol. The number of hydrogen-bond acceptors (Lipinski definition) is 1. The summed E-state index contributed by atoms with van der Waals surface area (Å²) in [5.74, 6) is -0.294. The molecule has 1 heterocycles. The van der Waals surface area contributed by atoms with Crippen LogP contribution in [0.5, 0.6) is 0 Å². The number of alkyl halides is 1. The second kappa shape index (κ2) is 5.81. The highest BCUT2D eigenvalue weighted by Gasteiger charge is 2.22. The Bertz CT molecular complexity index is 533. The third-order valence-electron chi connectivity index (χ3n) is 2.87. The Labute approximate surface area is 119 Å². The highest BCUT2D eigenvalue weighted by atomic mass is 79.9. The standard InChI is InChI=1S/C14H12BrClFN/c1-9(12-7-2-3-8-18-12)14(16)10-5-4-6-11(17)13(10)15/h2-9,14H,1H3. The number of pyridine rings is 1. The molecule has 4 heteroatoms. The number of benzene rings is 1. The van der Waals surface area contributed by atoms with Crippen molar-refractivity contribution in [1.82, 2.24) is 4.98 Å². The lowest BCUT2D eigenvalue weighted by molar-refractivity contribution is 0.612. The highest BCUT2D eigenvalue weighted by Crippen LogP contribution is 2.39. The van der Waals surface area contributed by atoms with Crippen molar-refractivity contribution in [3.8, 4) is 0 Å². The van der Waals surface area contributed by atoms with Gasteiger partial charge < -0.3 is 0 Å². The average molecular weight is 329 g/mol. The van der Waals surface area contributed by atoms with Gasteiger partial charge in [-0.1, -0.05) is 25.1 Å². The Kier molecular flexibility index (Phi) is 4.36. The van der Waals surface area contributed by atoms with Crippen molar-refractivity contribution in [1.29, 1.82) is 0 Å². The molecule has 2 unspecified atom stereocenters. The molecule has 0 aliphatic rings. The van der Waals surface area contributed by atoms with Crippen LogP contribution in [0.25, 0.3) is 0 Å². The zero-order valence-corrected chi connectivity index (χ0v) is 12.1. The Hall–Kier alpha value is -0.930. The smallest absolute Gasteiger partial charge is 0.137 e. The molecule has 1 nitrogen and oxygen atoms in total. The van der Waals surface area contributed by atoms with Crippen LogP contribution < -0.4 is 0 Å². The van der Waals surface area contributed by atoms with E-state index >= 15 is 0 Å². The van der Waals surface area contributed by atoms with E-state index in [0.717, 1.165) is 11.3 Å². The number of nitrogens with zero attached hydrogens (tertiary/aromatic N) is 1. The molecule has 0 amide bonds. The van der Waals surface area contributed by atoms with Crippen LogP contribution in [0.4, 0.5) is 4.39 Å². The monoisotopic (exact) mass is 327 g/mol. The van der Waals surface area contributed by atoms with E-state index in [0.29, 0.717) is 4.47 Å². The van der Waals surface area contributed by atoms with E-state index in [2.05, 4.69) is 20.9 Å². The van der Waals surface area contributed by atoms with Crippen LogP contribution in [0.1, 0.15) is 29.5 Å². The summed E-state index contributed by atoms with van der Waals surface area (Å²) in [7, 11) is 0. The largest absolute Gasteiger partial charge is 0.261 e. The lowest BCUT2D eigenvalue weighted by atomic mass is 9.97. The fraction of sp³-hybridized carbons (Fsp3) is 0.214. The molecule has 0 aliphatic heterocycles. The third-order valence-corrected chi connectivity index (χ3v) is 4.32. The predicted molar refractivity (Wildman–Crippen MR) is 75.3 cm³/mol. The van der Waals surface area contributed by atoms with Crippen molar-refractivity contribution in [2.45, 2.75) is 18.2 Å². The summed E-state index contributed by atoms with van der Waals surface area (Å²) in [5.41, 5.74) is 1.64. The molecular formula is C14H12BrClFN. The predicted octanol–water partition coefficient (Wildman–Crippen LogP) is 5.07. The second-order valence-corrected chi connectivity index (χ2v) is 5.35. The lowest BCUT2D eigenvalue weighted by Gasteiger charge is -2.19. The lowest BCUT2D eigenvalue weighted by Crippen LogP contribution is -2.05. The molecule has 0 radical (unpaired) electrons. The molecule has 2 rings (SSSR count). The minimum absolute atomic E-state index is 0.00552. The van der Waals surface area contributed by atoms with Gasteiger partial charge in [-0.15, -0.1) is 11.6 Å². The molecule has 0 fully saturated rings. The Morgan fingerprint density at radius 3 is 2.67 bits per heavy atom. The van der Waals surface area contributed by atoms with Crippen molar-refractivity contribution in [2.24, 2.45) is 0 Å². The molecule has 0 spiro atoms. The van der Waals surface area contributed by atoms with E-state index in [1.54, 1.807) is 12.3 Å². The summed E-state index contributed by atoms with van der Waals surface area (Å²) >= 11 is 9.67. The Morgan fingerprint density at radius 1 is 1.22 bits per heavy atom. The third kappa shape index (κ3) is 2.73. The van der Waals surface area contributed by atoms with Gasteiger partial charge in [-0.05, 0) is 39.7 Å². The molecule has 94 valence electrons. The summed E-state index contributed by atoms with van der Waals surface area (Å²) < 4.78 is 13.9. The number of rotatable bonds is 3. The molecule has 0 aliphatic carbocycles. The van der Waals surface area contributed by atoms with E-state index in [9.17, 15) is 4.39 Å². The molecule has 0 saturated carbocycles. The van der Waals surface area contributed by atoms with Crippen molar-refractivity contribution in [3.63, 3.8) is 0 Å². The van der Waals surface area contributed by atoms with Crippen molar-refractivity contribution in [2.75, 3.05) is 0 Å². The first-order valence-electron chi connectivity index (χ1n) is 5.60. The van der Waals surface area contributed by atoms with Gasteiger partial charge in [0.1, 0.15) is 5.82 Å². The maximum atomic E-state index is 13.5. The zero-order valence-electron chi connectivity index (χ0n) is 9.78. The quantitative estimate of drug-likeness (QED) is 0.717. The minimum Gasteiger partial charge on any atom is -0.261 e. The first-order chi connectivity index (χ1) is 8.61. The van der Waals surface area contributed by atoms with E-state index in [-0.39, 0.29) is 17.1 Å². The molecule has 1 aromatic carbocycles. The van der Waals surface area contributed by atoms with Crippen molar-refractivity contribution in [3.05, 3.63) is 64.1 Å². The fourth-order valence-corrected chi connectivity index (χ4v) is 2.75. The normalized spacial score (nSPS) is 14.2. The van der Waals surface area contributed by atoms with Crippen LogP contribution in [0.3, 0.4) is 0 Å². The zero-order chi connectivity index (χ0) is 13.1. The van der Waals surface area contributed by atoms with Crippen LogP contribution in [0.2, 0.25) is 0 Å². The van der Waals surface area contributed by atoms with Gasteiger partial charge in [0.25, 0.3) is 0 Å². The van der Waals surface area contributed by atoms with Gasteiger partial charge in [0.15, 0.2) is 0 Å². The van der Waals surface area contributed by atoms with E-state index in [1.165, 1.54) is 6.07 Å². The van der Waals surface area contributed by atoms with Crippen LogP contribution in [-0.2, 0) is 0 Å². The van der Waals surface area contributed by atoms with Crippen molar-refractivity contribution >= 4 is 27.5 Å². The molecule has 0 saturated heterocycles. The van der Waals surface area contributed by atoms with Gasteiger partial charge in [0.2, 0.25) is 0 Å². The molecule has 18 heavy (non-hydrogen) atoms. The Balaban J connectivity index is 2.31. The summed E-state index contributed by atoms with van der Waals surface area (Å²) in [6.45, 7) is 1.98. The number of aromatic nitrogens is 1. The fourth-order valence-electron chi connectivity index (χ4n) is 1.80. The Morgan fingerprint density at radius 2 is 2.00 bits per heavy atom. The summed E-state index contributed by atoms with van der Waals surface area (Å²) in [6, 6.07) is 10.6. The average Bonchev–Trinajstić information content (AvgIpc) is 2.41. The van der Waals surface area contributed by atoms with Gasteiger partial charge in [-0.25, -0.2) is 4.39 Å². The summed E-state index contributed by atoms with van der Waals surface area (Å²) in [5, 5.41) is -0.329. The van der Waals surface area contributed by atoms with Gasteiger partial charge in [0.05, 0.1) is 9.85 Å². The molecule has 1 aromatic heterocycles. The van der Waals surface area contributed by atoms with Gasteiger partial charge >= 0.3 is 0 Å². The van der Waals surface area contributed by atoms with Gasteiger partial charge in [-0.2, -0.15) is 0 Å². The van der Waals surface area contributed by atoms with Gasteiger partial charge in [-0.3, -0.25) is 4.98 Å². The van der Waals surface area contributed by atoms with Crippen LogP contribution in [-0.4, -0.2) is 4.98 Å². The molecule has 0 N–H and O–H groups in total. The van der Waals surface area contributed by atoms with Crippen LogP contribution in [0, 0.1) is 5.82 Å². The number of hydrogen-bond donors (Lipinski definition) is 0. The minimum atomic E-state index is -0.329. The summed E-state index contributed by atoms with van der Waals surface area (Å²) in [4.78, 5) is 4.28. The highest BCUT2D eigenvalue weighted by molar-refractivity contribution is 9.10. The SMILES string of the molecule is CC(c1ccccn1)C(Cl)c1cccc(F)c1Br. The van der Waals surface area contributed by atoms with Crippen molar-refractivity contribution < 1.29 is 4.39 Å².